The summed E-state index contributed by atoms with van der Waals surface area (Å²) in [5, 5.41) is 0. The van der Waals surface area contributed by atoms with E-state index in [9.17, 15) is 4.79 Å². The number of hydrogen-bond acceptors (Lipinski definition) is 2. The number of ketones is 1. The first-order valence-corrected chi connectivity index (χ1v) is 3.93. The van der Waals surface area contributed by atoms with Gasteiger partial charge in [-0.2, -0.15) is 0 Å². The van der Waals surface area contributed by atoms with Crippen LogP contribution in [0.4, 0.5) is 0 Å². The molecule has 0 N–H and O–H groups in total. The van der Waals surface area contributed by atoms with Crippen LogP contribution in [0.1, 0.15) is 0 Å². The van der Waals surface area contributed by atoms with Gasteiger partial charge in [-0.25, -0.2) is 0 Å². The molecule has 0 aromatic rings. The van der Waals surface area contributed by atoms with Crippen molar-refractivity contribution in [1.29, 1.82) is 0 Å². The molecule has 0 aromatic heterocycles. The van der Waals surface area contributed by atoms with Crippen molar-refractivity contribution < 1.29 is 4.79 Å². The highest BCUT2D eigenvalue weighted by Gasteiger charge is 2.18. The van der Waals surface area contributed by atoms with Gasteiger partial charge in [-0.05, 0) is 0 Å². The van der Waals surface area contributed by atoms with Crippen LogP contribution in [0.25, 0.3) is 0 Å². The fourth-order valence-corrected chi connectivity index (χ4v) is 1.73. The van der Waals surface area contributed by atoms with Gasteiger partial charge in [-0.1, -0.05) is 25.3 Å². The molecule has 1 aliphatic rings. The molecule has 0 saturated heterocycles. The van der Waals surface area contributed by atoms with E-state index >= 15 is 0 Å². The first-order chi connectivity index (χ1) is 4.79. The molecule has 0 aromatic carbocycles. The van der Waals surface area contributed by atoms with Gasteiger partial charge in [-0.3, -0.25) is 4.79 Å². The fraction of sp³-hybridized carbons (Fsp3) is 0.125. The van der Waals surface area contributed by atoms with Gasteiger partial charge >= 0.3 is 0 Å². The third-order valence-electron chi connectivity index (χ3n) is 1.31. The molecule has 0 amide bonds. The zero-order chi connectivity index (χ0) is 7.56. The Kier molecular flexibility index (Phi) is 2.12. The highest BCUT2D eigenvalue weighted by Crippen LogP contribution is 2.29. The Morgan fingerprint density at radius 1 is 1.40 bits per heavy atom. The van der Waals surface area contributed by atoms with Crippen LogP contribution in [0, 0.1) is 0 Å². The largest absolute Gasteiger partial charge is 0.293 e. The maximum Gasteiger partial charge on any atom is 0.174 e. The molecule has 0 spiro atoms. The summed E-state index contributed by atoms with van der Waals surface area (Å²) in [4.78, 5) is 11.9. The second-order valence-corrected chi connectivity index (χ2v) is 2.92. The van der Waals surface area contributed by atoms with Gasteiger partial charge in [-0.15, -0.1) is 11.8 Å². The molecule has 1 aliphatic heterocycles. The van der Waals surface area contributed by atoms with Crippen LogP contribution in [0.5, 0.6) is 0 Å². The summed E-state index contributed by atoms with van der Waals surface area (Å²) >= 11 is 1.52. The molecule has 1 rings (SSSR count). The maximum atomic E-state index is 11.0. The van der Waals surface area contributed by atoms with E-state index in [1.54, 1.807) is 12.2 Å². The molecular formula is C8H8OS. The molecule has 0 radical (unpaired) electrons. The van der Waals surface area contributed by atoms with Crippen molar-refractivity contribution in [1.82, 2.24) is 0 Å². The standard InChI is InChI=1S/C8H8OS/c1-3-6-7(9)5-10-8(6)4-2/h3-4H,1-2,5H2. The van der Waals surface area contributed by atoms with E-state index in [0.29, 0.717) is 5.75 Å². The molecular weight excluding hydrogens is 144 g/mol. The summed E-state index contributed by atoms with van der Waals surface area (Å²) in [5.41, 5.74) is 0.722. The zero-order valence-electron chi connectivity index (χ0n) is 5.59. The second kappa shape index (κ2) is 2.88. The van der Waals surface area contributed by atoms with Crippen molar-refractivity contribution in [3.63, 3.8) is 0 Å². The van der Waals surface area contributed by atoms with E-state index in [2.05, 4.69) is 13.2 Å². The Hall–Kier alpha value is -0.760. The number of Topliss-reactive ketones (excluding diaryl/α,β-unsaturated/α-hetero) is 1. The van der Waals surface area contributed by atoms with Crippen molar-refractivity contribution in [2.75, 3.05) is 5.75 Å². The van der Waals surface area contributed by atoms with Crippen LogP contribution >= 0.6 is 11.8 Å². The summed E-state index contributed by atoms with van der Waals surface area (Å²) < 4.78 is 0. The number of carbonyl (C=O) groups is 1. The molecule has 52 valence electrons. The molecule has 0 bridgehead atoms. The van der Waals surface area contributed by atoms with Crippen LogP contribution in [-0.4, -0.2) is 11.5 Å². The van der Waals surface area contributed by atoms with Crippen LogP contribution in [0.15, 0.2) is 35.8 Å². The minimum atomic E-state index is 0.162. The number of rotatable bonds is 2. The number of allylic oxidation sites excluding steroid dienone is 3. The quantitative estimate of drug-likeness (QED) is 0.601. The maximum absolute atomic E-state index is 11.0. The summed E-state index contributed by atoms with van der Waals surface area (Å²) in [7, 11) is 0. The van der Waals surface area contributed by atoms with Gasteiger partial charge in [0.25, 0.3) is 0 Å². The van der Waals surface area contributed by atoms with E-state index in [-0.39, 0.29) is 5.78 Å². The van der Waals surface area contributed by atoms with Gasteiger partial charge in [0.2, 0.25) is 0 Å². The van der Waals surface area contributed by atoms with Crippen molar-refractivity contribution in [3.05, 3.63) is 35.8 Å². The third kappa shape index (κ3) is 1.07. The number of hydrogen-bond donors (Lipinski definition) is 0. The zero-order valence-corrected chi connectivity index (χ0v) is 6.41. The van der Waals surface area contributed by atoms with E-state index in [4.69, 9.17) is 0 Å². The second-order valence-electron chi connectivity index (χ2n) is 1.90. The van der Waals surface area contributed by atoms with Crippen molar-refractivity contribution >= 4 is 17.5 Å². The lowest BCUT2D eigenvalue weighted by Gasteiger charge is -1.89. The summed E-state index contributed by atoms with van der Waals surface area (Å²) in [6, 6.07) is 0. The SMILES string of the molecule is C=CC1=C(C=C)C(=O)CS1. The van der Waals surface area contributed by atoms with E-state index in [1.807, 2.05) is 0 Å². The van der Waals surface area contributed by atoms with E-state index < -0.39 is 0 Å². The highest BCUT2D eigenvalue weighted by molar-refractivity contribution is 8.04. The topological polar surface area (TPSA) is 17.1 Å². The number of thioether (sulfide) groups is 1. The lowest BCUT2D eigenvalue weighted by molar-refractivity contribution is -0.112. The number of carbonyl (C=O) groups excluding carboxylic acids is 1. The van der Waals surface area contributed by atoms with Crippen molar-refractivity contribution in [3.8, 4) is 0 Å². The highest BCUT2D eigenvalue weighted by atomic mass is 32.2. The van der Waals surface area contributed by atoms with Gasteiger partial charge in [0, 0.05) is 10.5 Å². The predicted molar refractivity (Wildman–Crippen MR) is 44.9 cm³/mol. The summed E-state index contributed by atoms with van der Waals surface area (Å²) in [5.74, 6) is 0.706. The Morgan fingerprint density at radius 2 is 2.10 bits per heavy atom. The molecule has 2 heteroatoms. The Bertz CT molecular complexity index is 225. The molecule has 1 nitrogen and oxygen atoms in total. The monoisotopic (exact) mass is 152 g/mol. The van der Waals surface area contributed by atoms with Crippen LogP contribution in [-0.2, 0) is 4.79 Å². The third-order valence-corrected chi connectivity index (χ3v) is 2.42. The average molecular weight is 152 g/mol. The van der Waals surface area contributed by atoms with Gasteiger partial charge in [0.1, 0.15) is 0 Å². The lowest BCUT2D eigenvalue weighted by atomic mass is 10.2. The van der Waals surface area contributed by atoms with Crippen LogP contribution in [0.3, 0.4) is 0 Å². The van der Waals surface area contributed by atoms with E-state index in [1.165, 1.54) is 11.8 Å². The first kappa shape index (κ1) is 7.35. The molecule has 0 atom stereocenters. The molecule has 10 heavy (non-hydrogen) atoms. The minimum Gasteiger partial charge on any atom is -0.293 e. The summed E-state index contributed by atoms with van der Waals surface area (Å²) in [6.45, 7) is 7.15. The van der Waals surface area contributed by atoms with Crippen molar-refractivity contribution in [2.45, 2.75) is 0 Å². The predicted octanol–water partition coefficient (Wildman–Crippen LogP) is 1.93. The van der Waals surface area contributed by atoms with Crippen molar-refractivity contribution in [2.24, 2.45) is 0 Å². The van der Waals surface area contributed by atoms with Crippen LogP contribution in [0.2, 0.25) is 0 Å². The first-order valence-electron chi connectivity index (χ1n) is 2.94. The van der Waals surface area contributed by atoms with Gasteiger partial charge in [0.05, 0.1) is 5.75 Å². The van der Waals surface area contributed by atoms with Gasteiger partial charge < -0.3 is 0 Å². The Morgan fingerprint density at radius 3 is 2.50 bits per heavy atom. The minimum absolute atomic E-state index is 0.162. The Labute approximate surface area is 64.5 Å². The molecule has 0 fully saturated rings. The molecule has 0 unspecified atom stereocenters. The van der Waals surface area contributed by atoms with Crippen LogP contribution < -0.4 is 0 Å². The van der Waals surface area contributed by atoms with Gasteiger partial charge in [0.15, 0.2) is 5.78 Å². The molecule has 0 aliphatic carbocycles. The normalized spacial score (nSPS) is 17.8. The molecule has 0 saturated carbocycles. The summed E-state index contributed by atoms with van der Waals surface area (Å²) in [6.07, 6.45) is 3.30. The Balaban J connectivity index is 3.02. The lowest BCUT2D eigenvalue weighted by Crippen LogP contribution is -1.96. The molecule has 1 heterocycles. The smallest absolute Gasteiger partial charge is 0.174 e. The fourth-order valence-electron chi connectivity index (χ4n) is 0.820. The average Bonchev–Trinajstić information content (AvgIpc) is 2.30. The van der Waals surface area contributed by atoms with E-state index in [0.717, 1.165) is 10.5 Å².